The maximum absolute atomic E-state index is 2.20. The second-order valence-electron chi connectivity index (χ2n) is 7.90. The summed E-state index contributed by atoms with van der Waals surface area (Å²) >= 11 is 0. The minimum absolute atomic E-state index is 0. The predicted octanol–water partition coefficient (Wildman–Crippen LogP) is 8.34. The molecule has 29 heavy (non-hydrogen) atoms. The van der Waals surface area contributed by atoms with E-state index in [1.807, 2.05) is 18.2 Å². The number of rotatable bonds is 0. The van der Waals surface area contributed by atoms with Crippen LogP contribution in [0.15, 0.2) is 30.3 Å². The quantitative estimate of drug-likeness (QED) is 0.291. The Morgan fingerprint density at radius 3 is 0.828 bits per heavy atom. The molecule has 0 spiro atoms. The molecule has 0 nitrogen and oxygen atoms in total. The molecule has 0 atom stereocenters. The standard InChI is InChI=1S/2C10H15.C7H8.CH3.Zr/c2*1-6-7(2)9(4)10(5)8(6)3;1-7-5-3-2-4-6-7;;/h2*1-5H3;2-6H,1H3;1H3;/q2*-1;;-1;+3. The zero-order chi connectivity index (χ0) is 20.9. The molecule has 0 saturated carbocycles. The van der Waals surface area contributed by atoms with E-state index in [1.165, 1.54) is 61.2 Å². The van der Waals surface area contributed by atoms with Gasteiger partial charge in [-0.1, -0.05) is 105 Å². The van der Waals surface area contributed by atoms with E-state index in [4.69, 9.17) is 0 Å². The Kier molecular flexibility index (Phi) is 13.6. The number of hydrogen-bond acceptors (Lipinski definition) is 0. The van der Waals surface area contributed by atoms with Crippen molar-refractivity contribution in [1.82, 2.24) is 0 Å². The predicted molar refractivity (Wildman–Crippen MR) is 129 cm³/mol. The molecule has 0 fully saturated rings. The third-order valence-electron chi connectivity index (χ3n) is 6.57. The van der Waals surface area contributed by atoms with Gasteiger partial charge >= 0.3 is 26.2 Å². The Balaban J connectivity index is 0. The molecule has 0 amide bonds. The maximum atomic E-state index is 2.20. The molecule has 0 unspecified atom stereocenters. The van der Waals surface area contributed by atoms with E-state index in [0.717, 1.165) is 0 Å². The Labute approximate surface area is 200 Å². The summed E-state index contributed by atoms with van der Waals surface area (Å²) in [6, 6.07) is 10.3. The van der Waals surface area contributed by atoms with Crippen LogP contribution in [-0.4, -0.2) is 0 Å². The van der Waals surface area contributed by atoms with Gasteiger partial charge < -0.3 is 7.43 Å². The summed E-state index contributed by atoms with van der Waals surface area (Å²) < 4.78 is 0. The van der Waals surface area contributed by atoms with Crippen molar-refractivity contribution < 1.29 is 26.2 Å². The SMILES string of the molecule is Cc1c(C)c(C)[c-](C)c1C.Cc1c(C)c(C)[c-](C)c1C.Cc1ccccc1.[CH3-].[Zr+3]. The van der Waals surface area contributed by atoms with Gasteiger partial charge in [0, 0.05) is 0 Å². The third kappa shape index (κ3) is 7.53. The summed E-state index contributed by atoms with van der Waals surface area (Å²) in [6.07, 6.45) is 0. The van der Waals surface area contributed by atoms with Gasteiger partial charge in [0.1, 0.15) is 0 Å². The molecular formula is C28H41Zr. The van der Waals surface area contributed by atoms with E-state index in [-0.39, 0.29) is 33.6 Å². The molecule has 0 bridgehead atoms. The fourth-order valence-corrected chi connectivity index (χ4v) is 3.35. The fraction of sp³-hybridized carbons (Fsp3) is 0.393. The molecule has 3 rings (SSSR count). The number of aryl methyl sites for hydroxylation is 1. The third-order valence-corrected chi connectivity index (χ3v) is 6.57. The Bertz CT molecular complexity index is 657. The molecule has 0 aliphatic rings. The van der Waals surface area contributed by atoms with Crippen LogP contribution in [0, 0.1) is 83.6 Å². The van der Waals surface area contributed by atoms with E-state index in [1.54, 1.807) is 0 Å². The van der Waals surface area contributed by atoms with Crippen molar-refractivity contribution >= 4 is 0 Å². The normalized spacial score (nSPS) is 9.34. The average Bonchev–Trinajstić information content (AvgIpc) is 2.94. The molecule has 0 N–H and O–H groups in total. The van der Waals surface area contributed by atoms with Crippen LogP contribution in [0.2, 0.25) is 0 Å². The van der Waals surface area contributed by atoms with Gasteiger partial charge in [0.05, 0.1) is 0 Å². The van der Waals surface area contributed by atoms with E-state index in [2.05, 4.69) is 88.3 Å². The van der Waals surface area contributed by atoms with Crippen LogP contribution in [0.4, 0.5) is 0 Å². The molecule has 0 heterocycles. The zero-order valence-electron chi connectivity index (χ0n) is 20.9. The summed E-state index contributed by atoms with van der Waals surface area (Å²) in [4.78, 5) is 0. The summed E-state index contributed by atoms with van der Waals surface area (Å²) in [7, 11) is 0. The summed E-state index contributed by atoms with van der Waals surface area (Å²) in [5.74, 6) is 0. The first kappa shape index (κ1) is 30.0. The summed E-state index contributed by atoms with van der Waals surface area (Å²) in [6.45, 7) is 24.1. The Hall–Kier alpha value is -1.20. The van der Waals surface area contributed by atoms with E-state index >= 15 is 0 Å². The van der Waals surface area contributed by atoms with Crippen molar-refractivity contribution in [3.05, 3.63) is 99.0 Å². The van der Waals surface area contributed by atoms with E-state index < -0.39 is 0 Å². The summed E-state index contributed by atoms with van der Waals surface area (Å²) in [5, 5.41) is 0. The molecule has 0 aliphatic carbocycles. The minimum Gasteiger partial charge on any atom is -0.358 e. The first-order valence-electron chi connectivity index (χ1n) is 9.91. The fourth-order valence-electron chi connectivity index (χ4n) is 3.35. The topological polar surface area (TPSA) is 0 Å². The number of benzene rings is 1. The van der Waals surface area contributed by atoms with Crippen LogP contribution in [0.5, 0.6) is 0 Å². The van der Waals surface area contributed by atoms with Crippen molar-refractivity contribution in [3.63, 3.8) is 0 Å². The van der Waals surface area contributed by atoms with Gasteiger partial charge in [0.25, 0.3) is 0 Å². The molecule has 0 aromatic heterocycles. The first-order chi connectivity index (χ1) is 12.5. The van der Waals surface area contributed by atoms with Crippen LogP contribution in [0.1, 0.15) is 61.2 Å². The van der Waals surface area contributed by atoms with Crippen LogP contribution in [0.25, 0.3) is 0 Å². The molecule has 3 aromatic rings. The van der Waals surface area contributed by atoms with Crippen LogP contribution in [0.3, 0.4) is 0 Å². The van der Waals surface area contributed by atoms with E-state index in [9.17, 15) is 0 Å². The smallest absolute Gasteiger partial charge is 0.358 e. The molecular weight excluding hydrogens is 428 g/mol. The Morgan fingerprint density at radius 2 is 0.724 bits per heavy atom. The van der Waals surface area contributed by atoms with Gasteiger partial charge in [-0.15, -0.1) is 0 Å². The second-order valence-corrected chi connectivity index (χ2v) is 7.90. The van der Waals surface area contributed by atoms with Crippen molar-refractivity contribution in [3.8, 4) is 0 Å². The molecule has 0 aliphatic heterocycles. The second kappa shape index (κ2) is 13.2. The maximum Gasteiger partial charge on any atom is 3.00 e. The monoisotopic (exact) mass is 467 g/mol. The van der Waals surface area contributed by atoms with Crippen molar-refractivity contribution in [1.29, 1.82) is 0 Å². The van der Waals surface area contributed by atoms with Crippen LogP contribution in [-0.2, 0) is 26.2 Å². The van der Waals surface area contributed by atoms with Crippen molar-refractivity contribution in [2.45, 2.75) is 76.2 Å². The average molecular weight is 469 g/mol. The van der Waals surface area contributed by atoms with Gasteiger partial charge in [0.15, 0.2) is 0 Å². The van der Waals surface area contributed by atoms with Gasteiger partial charge in [-0.3, -0.25) is 0 Å². The van der Waals surface area contributed by atoms with Gasteiger partial charge in [-0.25, -0.2) is 0 Å². The van der Waals surface area contributed by atoms with Gasteiger partial charge in [0.2, 0.25) is 0 Å². The largest absolute Gasteiger partial charge is 3.00 e. The molecule has 1 radical (unpaired) electrons. The molecule has 0 saturated heterocycles. The zero-order valence-corrected chi connectivity index (χ0v) is 23.3. The van der Waals surface area contributed by atoms with Crippen molar-refractivity contribution in [2.24, 2.45) is 0 Å². The van der Waals surface area contributed by atoms with Crippen LogP contribution >= 0.6 is 0 Å². The molecule has 157 valence electrons. The molecule has 1 heteroatoms. The Morgan fingerprint density at radius 1 is 0.483 bits per heavy atom. The first-order valence-corrected chi connectivity index (χ1v) is 9.91. The van der Waals surface area contributed by atoms with Gasteiger partial charge in [-0.05, 0) is 6.92 Å². The van der Waals surface area contributed by atoms with Gasteiger partial charge in [-0.2, -0.15) is 55.6 Å². The van der Waals surface area contributed by atoms with E-state index in [0.29, 0.717) is 0 Å². The summed E-state index contributed by atoms with van der Waals surface area (Å²) in [5.41, 5.74) is 16.0. The van der Waals surface area contributed by atoms with Crippen molar-refractivity contribution in [2.75, 3.05) is 0 Å². The number of hydrogen-bond donors (Lipinski definition) is 0. The minimum atomic E-state index is 0. The van der Waals surface area contributed by atoms with Crippen LogP contribution < -0.4 is 0 Å². The molecule has 3 aromatic carbocycles.